The lowest BCUT2D eigenvalue weighted by atomic mass is 9.90. The molecule has 15 heavy (non-hydrogen) atoms. The quantitative estimate of drug-likeness (QED) is 0.825. The van der Waals surface area contributed by atoms with Crippen molar-refractivity contribution in [2.75, 3.05) is 6.54 Å². The minimum Gasteiger partial charge on any atom is -0.504 e. The number of nitrogens with one attached hydrogen (secondary N) is 1. The van der Waals surface area contributed by atoms with Crippen LogP contribution in [0.15, 0.2) is 16.6 Å². The average Bonchev–Trinajstić information content (AvgIpc) is 2.62. The van der Waals surface area contributed by atoms with Gasteiger partial charge in [0.2, 0.25) is 0 Å². The lowest BCUT2D eigenvalue weighted by molar-refractivity contribution is 0.411. The molecule has 1 aromatic carbocycles. The Morgan fingerprint density at radius 3 is 2.80 bits per heavy atom. The fourth-order valence-corrected chi connectivity index (χ4v) is 2.46. The first-order chi connectivity index (χ1) is 7.03. The number of aromatic hydroxyl groups is 1. The van der Waals surface area contributed by atoms with Crippen LogP contribution < -0.4 is 5.32 Å². The van der Waals surface area contributed by atoms with Gasteiger partial charge in [-0.05, 0) is 59.9 Å². The smallest absolute Gasteiger partial charge is 0.166 e. The number of rotatable bonds is 1. The molecule has 0 bridgehead atoms. The Morgan fingerprint density at radius 1 is 1.53 bits per heavy atom. The highest BCUT2D eigenvalue weighted by Gasteiger charge is 2.31. The fourth-order valence-electron chi connectivity index (χ4n) is 2.03. The van der Waals surface area contributed by atoms with E-state index in [9.17, 15) is 9.50 Å². The summed E-state index contributed by atoms with van der Waals surface area (Å²) in [5.41, 5.74) is 0.707. The predicted octanol–water partition coefficient (Wildman–Crippen LogP) is 2.89. The van der Waals surface area contributed by atoms with Crippen LogP contribution in [-0.2, 0) is 5.54 Å². The second-order valence-electron chi connectivity index (χ2n) is 4.15. The van der Waals surface area contributed by atoms with Crippen molar-refractivity contribution in [2.24, 2.45) is 0 Å². The SMILES string of the molecule is CC1(c2cc(F)c(O)c(Br)c2)CCCN1. The molecule has 0 spiro atoms. The zero-order valence-corrected chi connectivity index (χ0v) is 10.1. The molecule has 1 saturated heterocycles. The van der Waals surface area contributed by atoms with E-state index in [-0.39, 0.29) is 11.3 Å². The fraction of sp³-hybridized carbons (Fsp3) is 0.455. The van der Waals surface area contributed by atoms with Gasteiger partial charge in [0.1, 0.15) is 0 Å². The molecule has 1 aliphatic rings. The zero-order chi connectivity index (χ0) is 11.1. The van der Waals surface area contributed by atoms with E-state index in [0.29, 0.717) is 4.47 Å². The highest BCUT2D eigenvalue weighted by Crippen LogP contribution is 2.36. The molecule has 82 valence electrons. The van der Waals surface area contributed by atoms with Gasteiger partial charge in [-0.1, -0.05) is 0 Å². The summed E-state index contributed by atoms with van der Waals surface area (Å²) in [6.07, 6.45) is 2.08. The maximum absolute atomic E-state index is 13.4. The lowest BCUT2D eigenvalue weighted by Crippen LogP contribution is -2.33. The van der Waals surface area contributed by atoms with E-state index in [1.807, 2.05) is 0 Å². The topological polar surface area (TPSA) is 32.3 Å². The lowest BCUT2D eigenvalue weighted by Gasteiger charge is -2.25. The first-order valence-corrected chi connectivity index (χ1v) is 5.76. The Morgan fingerprint density at radius 2 is 2.27 bits per heavy atom. The number of benzene rings is 1. The summed E-state index contributed by atoms with van der Waals surface area (Å²) < 4.78 is 13.8. The summed E-state index contributed by atoms with van der Waals surface area (Å²) in [6.45, 7) is 3.01. The van der Waals surface area contributed by atoms with Crippen molar-refractivity contribution >= 4 is 15.9 Å². The monoisotopic (exact) mass is 273 g/mol. The summed E-state index contributed by atoms with van der Waals surface area (Å²) in [4.78, 5) is 0. The molecule has 1 fully saturated rings. The van der Waals surface area contributed by atoms with Gasteiger partial charge in [0, 0.05) is 5.54 Å². The predicted molar refractivity (Wildman–Crippen MR) is 60.4 cm³/mol. The molecule has 1 aromatic rings. The molecule has 0 radical (unpaired) electrons. The average molecular weight is 274 g/mol. The van der Waals surface area contributed by atoms with Gasteiger partial charge in [0.15, 0.2) is 11.6 Å². The zero-order valence-electron chi connectivity index (χ0n) is 8.48. The van der Waals surface area contributed by atoms with Crippen molar-refractivity contribution in [3.05, 3.63) is 28.0 Å². The van der Waals surface area contributed by atoms with Gasteiger partial charge >= 0.3 is 0 Å². The highest BCUT2D eigenvalue weighted by atomic mass is 79.9. The third-order valence-corrected chi connectivity index (χ3v) is 3.63. The van der Waals surface area contributed by atoms with E-state index in [1.165, 1.54) is 6.07 Å². The van der Waals surface area contributed by atoms with Gasteiger partial charge in [-0.25, -0.2) is 4.39 Å². The number of halogens is 2. The summed E-state index contributed by atoms with van der Waals surface area (Å²) in [6, 6.07) is 3.18. The van der Waals surface area contributed by atoms with Crippen molar-refractivity contribution in [3.8, 4) is 5.75 Å². The Bertz CT molecular complexity index is 365. The standard InChI is InChI=1S/C11H13BrFNO/c1-11(3-2-4-14-11)7-5-8(12)10(15)9(13)6-7/h5-6,14-15H,2-4H2,1H3. The second kappa shape index (κ2) is 3.76. The van der Waals surface area contributed by atoms with E-state index >= 15 is 0 Å². The minimum absolute atomic E-state index is 0.170. The normalized spacial score (nSPS) is 25.8. The van der Waals surface area contributed by atoms with Crippen molar-refractivity contribution in [2.45, 2.75) is 25.3 Å². The van der Waals surface area contributed by atoms with Crippen molar-refractivity contribution in [1.29, 1.82) is 0 Å². The van der Waals surface area contributed by atoms with Crippen LogP contribution in [0.2, 0.25) is 0 Å². The summed E-state index contributed by atoms with van der Waals surface area (Å²) in [5.74, 6) is -0.894. The van der Waals surface area contributed by atoms with Crippen molar-refractivity contribution < 1.29 is 9.50 Å². The van der Waals surface area contributed by atoms with E-state index in [2.05, 4.69) is 28.2 Å². The molecule has 0 aromatic heterocycles. The molecule has 1 atom stereocenters. The van der Waals surface area contributed by atoms with Gasteiger partial charge in [0.25, 0.3) is 0 Å². The number of phenolic OH excluding ortho intramolecular Hbond substituents is 1. The van der Waals surface area contributed by atoms with E-state index in [1.54, 1.807) is 6.07 Å². The Hall–Kier alpha value is -0.610. The molecule has 0 amide bonds. The molecule has 2 N–H and O–H groups in total. The molecule has 4 heteroatoms. The van der Waals surface area contributed by atoms with Gasteiger partial charge < -0.3 is 10.4 Å². The number of hydrogen-bond donors (Lipinski definition) is 2. The number of phenols is 1. The van der Waals surface area contributed by atoms with Gasteiger partial charge in [-0.2, -0.15) is 0 Å². The molecule has 0 saturated carbocycles. The van der Waals surface area contributed by atoms with Crippen LogP contribution in [0.4, 0.5) is 4.39 Å². The summed E-state index contributed by atoms with van der Waals surface area (Å²) >= 11 is 3.15. The van der Waals surface area contributed by atoms with Crippen LogP contribution in [0.1, 0.15) is 25.3 Å². The van der Waals surface area contributed by atoms with Crippen LogP contribution in [0.3, 0.4) is 0 Å². The molecule has 1 aliphatic heterocycles. The number of hydrogen-bond acceptors (Lipinski definition) is 2. The minimum atomic E-state index is -0.575. The van der Waals surface area contributed by atoms with E-state index < -0.39 is 5.82 Å². The maximum atomic E-state index is 13.4. The van der Waals surface area contributed by atoms with Crippen LogP contribution in [0, 0.1) is 5.82 Å². The van der Waals surface area contributed by atoms with E-state index in [4.69, 9.17) is 0 Å². The molecular formula is C11H13BrFNO. The van der Waals surface area contributed by atoms with E-state index in [0.717, 1.165) is 24.9 Å². The Kier molecular flexibility index (Phi) is 2.73. The first kappa shape index (κ1) is 10.9. The summed E-state index contributed by atoms with van der Waals surface area (Å²) in [7, 11) is 0. The third-order valence-electron chi connectivity index (χ3n) is 3.02. The van der Waals surface area contributed by atoms with Crippen LogP contribution in [0.5, 0.6) is 5.75 Å². The molecule has 2 rings (SSSR count). The largest absolute Gasteiger partial charge is 0.504 e. The third kappa shape index (κ3) is 1.88. The molecule has 1 heterocycles. The molecule has 2 nitrogen and oxygen atoms in total. The van der Waals surface area contributed by atoms with Gasteiger partial charge in [-0.15, -0.1) is 0 Å². The Labute approximate surface area is 96.6 Å². The Balaban J connectivity index is 2.45. The highest BCUT2D eigenvalue weighted by molar-refractivity contribution is 9.10. The first-order valence-electron chi connectivity index (χ1n) is 4.96. The summed E-state index contributed by atoms with van der Waals surface area (Å²) in [5, 5.41) is 12.7. The van der Waals surface area contributed by atoms with Gasteiger partial charge in [-0.3, -0.25) is 0 Å². The molecule has 0 aliphatic carbocycles. The van der Waals surface area contributed by atoms with Crippen LogP contribution >= 0.6 is 15.9 Å². The van der Waals surface area contributed by atoms with Crippen molar-refractivity contribution in [3.63, 3.8) is 0 Å². The van der Waals surface area contributed by atoms with Crippen LogP contribution in [-0.4, -0.2) is 11.7 Å². The second-order valence-corrected chi connectivity index (χ2v) is 5.01. The molecule has 1 unspecified atom stereocenters. The maximum Gasteiger partial charge on any atom is 0.166 e. The van der Waals surface area contributed by atoms with Gasteiger partial charge in [0.05, 0.1) is 4.47 Å². The van der Waals surface area contributed by atoms with Crippen LogP contribution in [0.25, 0.3) is 0 Å². The van der Waals surface area contributed by atoms with Crippen molar-refractivity contribution in [1.82, 2.24) is 5.32 Å². The molecular weight excluding hydrogens is 261 g/mol.